The number of amides is 8. The molecule has 2 saturated heterocycles. The Kier molecular flexibility index (Phi) is 10.2. The molecule has 0 spiro atoms. The van der Waals surface area contributed by atoms with Crippen molar-refractivity contribution in [3.63, 3.8) is 0 Å². The van der Waals surface area contributed by atoms with Crippen LogP contribution in [0, 0.1) is 25.7 Å². The maximum Gasteiger partial charge on any atom is 0.350 e. The first-order valence-electron chi connectivity index (χ1n) is 16.3. The zero-order chi connectivity index (χ0) is 40.1. The Morgan fingerprint density at radius 3 is 1.11 bits per heavy atom. The van der Waals surface area contributed by atoms with Gasteiger partial charge in [0.15, 0.2) is 11.6 Å². The molecule has 0 bridgehead atoms. The molecule has 3 aromatic rings. The molecule has 8 amide bonds. The standard InChI is InChI=1S/C36H34N4O14/c1-15-11-21(41)27(33(49)53-15)23(43)13-19(25-29(45)37(3)35(51)38(4)30(25)46)17-7-9-18(10-8-17)20(26-31(47)39(5)36(52)40(6)32(26)48)14-24(44)28-22(42)12-16(2)54-34(28)50/h7-12,19-20,25-26,41-42H,13-14H2,1-6H3. The van der Waals surface area contributed by atoms with E-state index in [1.807, 2.05) is 0 Å². The Balaban J connectivity index is 1.62. The van der Waals surface area contributed by atoms with Crippen molar-refractivity contribution in [2.75, 3.05) is 28.2 Å². The van der Waals surface area contributed by atoms with Crippen molar-refractivity contribution >= 4 is 47.3 Å². The summed E-state index contributed by atoms with van der Waals surface area (Å²) in [6.45, 7) is 2.73. The average molecular weight is 747 g/mol. The summed E-state index contributed by atoms with van der Waals surface area (Å²) in [5.41, 5.74) is -3.61. The lowest BCUT2D eigenvalue weighted by Gasteiger charge is -2.37. The largest absolute Gasteiger partial charge is 0.507 e. The van der Waals surface area contributed by atoms with Gasteiger partial charge in [0.05, 0.1) is 0 Å². The molecule has 5 rings (SSSR count). The van der Waals surface area contributed by atoms with E-state index in [0.717, 1.165) is 40.3 Å². The number of urea groups is 2. The van der Waals surface area contributed by atoms with Crippen LogP contribution in [0.1, 0.15) is 68.0 Å². The normalized spacial score (nSPS) is 17.1. The number of hydrogen-bond donors (Lipinski definition) is 2. The van der Waals surface area contributed by atoms with Crippen LogP contribution in [-0.4, -0.2) is 105 Å². The van der Waals surface area contributed by atoms with Gasteiger partial charge in [0.25, 0.3) is 0 Å². The minimum Gasteiger partial charge on any atom is -0.507 e. The predicted octanol–water partition coefficient (Wildman–Crippen LogP) is 1.67. The molecule has 1 aromatic carbocycles. The Labute approximate surface area is 305 Å². The van der Waals surface area contributed by atoms with Crippen LogP contribution < -0.4 is 11.3 Å². The lowest BCUT2D eigenvalue weighted by atomic mass is 9.76. The second-order valence-corrected chi connectivity index (χ2v) is 13.1. The first-order chi connectivity index (χ1) is 25.3. The Morgan fingerprint density at radius 1 is 0.574 bits per heavy atom. The number of benzene rings is 1. The third kappa shape index (κ3) is 6.68. The van der Waals surface area contributed by atoms with Gasteiger partial charge in [-0.3, -0.25) is 48.4 Å². The molecule has 18 nitrogen and oxygen atoms in total. The van der Waals surface area contributed by atoms with Gasteiger partial charge in [0.1, 0.15) is 46.0 Å². The third-order valence-corrected chi connectivity index (χ3v) is 9.61. The van der Waals surface area contributed by atoms with Crippen LogP contribution in [0.3, 0.4) is 0 Å². The average Bonchev–Trinajstić information content (AvgIpc) is 3.10. The fraction of sp³-hybridized carbons (Fsp3) is 0.333. The molecule has 18 heteroatoms. The number of carbonyl (C=O) groups excluding carboxylic acids is 8. The highest BCUT2D eigenvalue weighted by Gasteiger charge is 2.49. The van der Waals surface area contributed by atoms with Gasteiger partial charge in [-0.15, -0.1) is 0 Å². The highest BCUT2D eigenvalue weighted by atomic mass is 16.4. The first kappa shape index (κ1) is 38.5. The molecular formula is C36H34N4O14. The van der Waals surface area contributed by atoms with E-state index in [2.05, 4.69) is 0 Å². The fourth-order valence-electron chi connectivity index (χ4n) is 6.72. The summed E-state index contributed by atoms with van der Waals surface area (Å²) in [4.78, 5) is 134. The number of ketones is 2. The molecule has 54 heavy (non-hydrogen) atoms. The van der Waals surface area contributed by atoms with E-state index in [4.69, 9.17) is 8.83 Å². The van der Waals surface area contributed by atoms with Crippen LogP contribution >= 0.6 is 0 Å². The van der Waals surface area contributed by atoms with E-state index >= 15 is 0 Å². The number of nitrogens with zero attached hydrogens (tertiary/aromatic N) is 4. The van der Waals surface area contributed by atoms with Crippen molar-refractivity contribution in [3.05, 3.63) is 91.0 Å². The van der Waals surface area contributed by atoms with Crippen molar-refractivity contribution in [2.24, 2.45) is 11.8 Å². The van der Waals surface area contributed by atoms with Gasteiger partial charge < -0.3 is 19.0 Å². The van der Waals surface area contributed by atoms with Crippen LogP contribution in [0.4, 0.5) is 9.59 Å². The van der Waals surface area contributed by atoms with Gasteiger partial charge in [-0.05, 0) is 25.0 Å². The quantitative estimate of drug-likeness (QED) is 0.221. The maximum atomic E-state index is 13.6. The van der Waals surface area contributed by atoms with Gasteiger partial charge in [-0.1, -0.05) is 24.3 Å². The zero-order valence-electron chi connectivity index (χ0n) is 29.8. The lowest BCUT2D eigenvalue weighted by molar-refractivity contribution is -0.150. The predicted molar refractivity (Wildman–Crippen MR) is 181 cm³/mol. The van der Waals surface area contributed by atoms with Crippen molar-refractivity contribution < 1.29 is 57.4 Å². The highest BCUT2D eigenvalue weighted by molar-refractivity contribution is 6.17. The van der Waals surface area contributed by atoms with Crippen molar-refractivity contribution in [1.29, 1.82) is 0 Å². The smallest absolute Gasteiger partial charge is 0.350 e. The summed E-state index contributed by atoms with van der Waals surface area (Å²) < 4.78 is 9.95. The number of aryl methyl sites for hydroxylation is 2. The summed E-state index contributed by atoms with van der Waals surface area (Å²) in [6.07, 6.45) is -1.47. The van der Waals surface area contributed by atoms with Crippen LogP contribution in [0.25, 0.3) is 0 Å². The van der Waals surface area contributed by atoms with Crippen LogP contribution in [0.2, 0.25) is 0 Å². The maximum absolute atomic E-state index is 13.6. The number of barbiturate groups is 2. The van der Waals surface area contributed by atoms with Gasteiger partial charge >= 0.3 is 23.3 Å². The van der Waals surface area contributed by atoms with E-state index in [9.17, 15) is 58.2 Å². The molecule has 2 atom stereocenters. The highest BCUT2D eigenvalue weighted by Crippen LogP contribution is 2.39. The zero-order valence-corrected chi connectivity index (χ0v) is 29.8. The van der Waals surface area contributed by atoms with Gasteiger partial charge in [-0.25, -0.2) is 19.2 Å². The third-order valence-electron chi connectivity index (χ3n) is 9.61. The number of imide groups is 4. The summed E-state index contributed by atoms with van der Waals surface area (Å²) in [5.74, 6) is -13.5. The fourth-order valence-corrected chi connectivity index (χ4v) is 6.72. The topological polar surface area (TPSA) is 250 Å². The second kappa shape index (κ2) is 14.4. The molecule has 2 aromatic heterocycles. The monoisotopic (exact) mass is 746 g/mol. The molecule has 0 saturated carbocycles. The van der Waals surface area contributed by atoms with E-state index in [1.165, 1.54) is 38.1 Å². The van der Waals surface area contributed by atoms with Gasteiger partial charge in [-0.2, -0.15) is 0 Å². The number of rotatable bonds is 10. The molecule has 2 aliphatic heterocycles. The minimum atomic E-state index is -1.69. The van der Waals surface area contributed by atoms with E-state index in [-0.39, 0.29) is 22.6 Å². The Hall–Kier alpha value is -6.72. The molecule has 2 fully saturated rings. The van der Waals surface area contributed by atoms with Gasteiger partial charge in [0.2, 0.25) is 23.6 Å². The minimum absolute atomic E-state index is 0.00349. The number of aromatic hydroxyl groups is 2. The molecular weight excluding hydrogens is 712 g/mol. The van der Waals surface area contributed by atoms with E-state index < -0.39 is 118 Å². The molecule has 2 unspecified atom stereocenters. The number of hydrogen-bond acceptors (Lipinski definition) is 14. The van der Waals surface area contributed by atoms with Crippen molar-refractivity contribution in [1.82, 2.24) is 19.6 Å². The summed E-state index contributed by atoms with van der Waals surface area (Å²) in [5, 5.41) is 20.9. The number of Topliss-reactive ketones (excluding diaryl/α,β-unsaturated/α-hetero) is 2. The van der Waals surface area contributed by atoms with E-state index in [1.54, 1.807) is 0 Å². The van der Waals surface area contributed by atoms with Crippen molar-refractivity contribution in [3.8, 4) is 11.5 Å². The molecule has 2 aliphatic rings. The molecule has 4 heterocycles. The molecule has 282 valence electrons. The Morgan fingerprint density at radius 2 is 0.852 bits per heavy atom. The summed E-state index contributed by atoms with van der Waals surface area (Å²) in [6, 6.07) is 5.51. The SMILES string of the molecule is Cc1cc(O)c(C(=O)CC(c2ccc(C(CC(=O)c3c(O)cc(C)oc3=O)C3C(=O)N(C)C(=O)N(C)C3=O)cc2)C2C(=O)N(C)C(=O)N(C)C2=O)c(=O)o1. The van der Waals surface area contributed by atoms with Crippen LogP contribution in [0.5, 0.6) is 11.5 Å². The van der Waals surface area contributed by atoms with Crippen molar-refractivity contribution in [2.45, 2.75) is 38.5 Å². The summed E-state index contributed by atoms with van der Waals surface area (Å²) >= 11 is 0. The first-order valence-corrected chi connectivity index (χ1v) is 16.3. The van der Waals surface area contributed by atoms with Crippen LogP contribution in [0.15, 0.2) is 54.8 Å². The van der Waals surface area contributed by atoms with Crippen LogP contribution in [-0.2, 0) is 19.2 Å². The second-order valence-electron chi connectivity index (χ2n) is 13.1. The summed E-state index contributed by atoms with van der Waals surface area (Å²) in [7, 11) is 4.53. The number of carbonyl (C=O) groups is 8. The lowest BCUT2D eigenvalue weighted by Crippen LogP contribution is -2.58. The van der Waals surface area contributed by atoms with Gasteiger partial charge in [0, 0.05) is 65.0 Å². The Bertz CT molecular complexity index is 2070. The molecule has 0 aliphatic carbocycles. The molecule has 2 N–H and O–H groups in total. The van der Waals surface area contributed by atoms with E-state index in [0.29, 0.717) is 19.6 Å². The molecule has 0 radical (unpaired) electrons.